The van der Waals surface area contributed by atoms with Gasteiger partial charge in [-0.2, -0.15) is 5.10 Å². The number of nitrogens with zero attached hydrogens (tertiary/aromatic N) is 3. The largest absolute Gasteiger partial charge is 0.322 e. The fourth-order valence-electron chi connectivity index (χ4n) is 3.01. The molecule has 0 aliphatic heterocycles. The maximum atomic E-state index is 12.7. The fraction of sp³-hybridized carbons (Fsp3) is 0.105. The monoisotopic (exact) mass is 366 g/mol. The highest BCUT2D eigenvalue weighted by Crippen LogP contribution is 2.21. The standard InChI is InChI=1S/C19H15ClN4O2/c1-11-9-13(20)4-5-14(11)22-18(25)12-3-6-15-17(10-12)23(2)19(26)16-7-8-21-24(15)16/h3-10H,1-2H3,(H,22,25). The van der Waals surface area contributed by atoms with E-state index in [1.54, 1.807) is 60.2 Å². The SMILES string of the molecule is Cc1cc(Cl)ccc1NC(=O)c1ccc2c(c1)n(C)c(=O)c1ccnn12. The number of fused-ring (bicyclic) bond motifs is 3. The zero-order valence-corrected chi connectivity index (χ0v) is 14.9. The number of rotatable bonds is 2. The van der Waals surface area contributed by atoms with Crippen molar-refractivity contribution < 1.29 is 4.79 Å². The molecule has 0 atom stereocenters. The molecule has 0 aliphatic carbocycles. The molecule has 26 heavy (non-hydrogen) atoms. The molecular formula is C19H15ClN4O2. The molecule has 0 radical (unpaired) electrons. The van der Waals surface area contributed by atoms with Crippen molar-refractivity contribution in [2.24, 2.45) is 7.05 Å². The highest BCUT2D eigenvalue weighted by Gasteiger charge is 2.13. The predicted molar refractivity (Wildman–Crippen MR) is 102 cm³/mol. The van der Waals surface area contributed by atoms with E-state index in [9.17, 15) is 9.59 Å². The number of carbonyl (C=O) groups excluding carboxylic acids is 1. The van der Waals surface area contributed by atoms with Gasteiger partial charge in [0.05, 0.1) is 17.2 Å². The van der Waals surface area contributed by atoms with Crippen LogP contribution in [0.5, 0.6) is 0 Å². The second kappa shape index (κ2) is 6.00. The Hall–Kier alpha value is -3.12. The molecule has 0 bridgehead atoms. The Morgan fingerprint density at radius 2 is 1.88 bits per heavy atom. The van der Waals surface area contributed by atoms with Crippen LogP contribution in [-0.2, 0) is 7.05 Å². The first-order valence-corrected chi connectivity index (χ1v) is 8.37. The first-order chi connectivity index (χ1) is 12.5. The van der Waals surface area contributed by atoms with E-state index in [2.05, 4.69) is 10.4 Å². The lowest BCUT2D eigenvalue weighted by molar-refractivity contribution is 0.102. The van der Waals surface area contributed by atoms with Crippen LogP contribution >= 0.6 is 11.6 Å². The number of aromatic nitrogens is 3. The summed E-state index contributed by atoms with van der Waals surface area (Å²) in [5.74, 6) is -0.259. The van der Waals surface area contributed by atoms with Gasteiger partial charge in [0, 0.05) is 23.3 Å². The van der Waals surface area contributed by atoms with Gasteiger partial charge in [0.25, 0.3) is 11.5 Å². The third kappa shape index (κ3) is 2.55. The van der Waals surface area contributed by atoms with E-state index in [1.165, 1.54) is 4.57 Å². The van der Waals surface area contributed by atoms with Crippen LogP contribution in [-0.4, -0.2) is 20.1 Å². The third-order valence-corrected chi connectivity index (χ3v) is 4.67. The van der Waals surface area contributed by atoms with Gasteiger partial charge >= 0.3 is 0 Å². The molecule has 0 saturated heterocycles. The van der Waals surface area contributed by atoms with Crippen molar-refractivity contribution in [2.45, 2.75) is 6.92 Å². The van der Waals surface area contributed by atoms with Crippen molar-refractivity contribution in [3.63, 3.8) is 0 Å². The number of hydrogen-bond donors (Lipinski definition) is 1. The van der Waals surface area contributed by atoms with Crippen LogP contribution < -0.4 is 10.9 Å². The quantitative estimate of drug-likeness (QED) is 0.591. The number of benzene rings is 2. The summed E-state index contributed by atoms with van der Waals surface area (Å²) in [5.41, 5.74) is 3.73. The maximum absolute atomic E-state index is 12.7. The van der Waals surface area contributed by atoms with Gasteiger partial charge < -0.3 is 9.88 Å². The summed E-state index contributed by atoms with van der Waals surface area (Å²) in [6.07, 6.45) is 1.58. The number of carbonyl (C=O) groups is 1. The van der Waals surface area contributed by atoms with Gasteiger partial charge in [0.1, 0.15) is 5.52 Å². The number of amides is 1. The van der Waals surface area contributed by atoms with Crippen molar-refractivity contribution >= 4 is 39.7 Å². The number of nitrogens with one attached hydrogen (secondary N) is 1. The molecule has 130 valence electrons. The summed E-state index contributed by atoms with van der Waals surface area (Å²) in [7, 11) is 1.68. The van der Waals surface area contributed by atoms with Crippen molar-refractivity contribution in [3.8, 4) is 0 Å². The normalized spacial score (nSPS) is 11.2. The summed E-state index contributed by atoms with van der Waals surface area (Å²) >= 11 is 5.95. The van der Waals surface area contributed by atoms with Crippen LogP contribution in [0.3, 0.4) is 0 Å². The van der Waals surface area contributed by atoms with E-state index in [0.717, 1.165) is 11.1 Å². The van der Waals surface area contributed by atoms with Crippen LogP contribution in [0.2, 0.25) is 5.02 Å². The molecule has 2 heterocycles. The molecule has 2 aromatic heterocycles. The molecule has 0 unspecified atom stereocenters. The molecule has 0 aliphatic rings. The molecule has 6 nitrogen and oxygen atoms in total. The predicted octanol–water partition coefficient (Wildman–Crippen LogP) is 3.40. The number of hydrogen-bond acceptors (Lipinski definition) is 3. The van der Waals surface area contributed by atoms with Crippen LogP contribution in [0.25, 0.3) is 16.6 Å². The third-order valence-electron chi connectivity index (χ3n) is 4.43. The second-order valence-electron chi connectivity index (χ2n) is 6.11. The summed E-state index contributed by atoms with van der Waals surface area (Å²) in [6.45, 7) is 1.88. The molecule has 0 spiro atoms. The first kappa shape index (κ1) is 16.4. The topological polar surface area (TPSA) is 68.4 Å². The Morgan fingerprint density at radius 1 is 1.08 bits per heavy atom. The van der Waals surface area contributed by atoms with Crippen molar-refractivity contribution in [1.82, 2.24) is 14.2 Å². The zero-order chi connectivity index (χ0) is 18.4. The smallest absolute Gasteiger partial charge is 0.276 e. The van der Waals surface area contributed by atoms with Crippen LogP contribution in [0.1, 0.15) is 15.9 Å². The molecule has 0 fully saturated rings. The van der Waals surface area contributed by atoms with E-state index in [1.807, 2.05) is 6.92 Å². The molecule has 2 aromatic carbocycles. The van der Waals surface area contributed by atoms with Gasteiger partial charge in [0.2, 0.25) is 0 Å². The average Bonchev–Trinajstić information content (AvgIpc) is 3.11. The molecule has 1 amide bonds. The van der Waals surface area contributed by atoms with Gasteiger partial charge in [-0.3, -0.25) is 9.59 Å². The summed E-state index contributed by atoms with van der Waals surface area (Å²) < 4.78 is 3.11. The van der Waals surface area contributed by atoms with Crippen LogP contribution in [0.15, 0.2) is 53.5 Å². The van der Waals surface area contributed by atoms with Crippen LogP contribution in [0.4, 0.5) is 5.69 Å². The van der Waals surface area contributed by atoms with Crippen LogP contribution in [0, 0.1) is 6.92 Å². The lowest BCUT2D eigenvalue weighted by atomic mass is 10.1. The molecular weight excluding hydrogens is 352 g/mol. The summed E-state index contributed by atoms with van der Waals surface area (Å²) in [4.78, 5) is 25.1. The summed E-state index contributed by atoms with van der Waals surface area (Å²) in [6, 6.07) is 12.1. The average molecular weight is 367 g/mol. The Labute approximate surface area is 153 Å². The molecule has 1 N–H and O–H groups in total. The van der Waals surface area contributed by atoms with Gasteiger partial charge in [-0.1, -0.05) is 11.6 Å². The second-order valence-corrected chi connectivity index (χ2v) is 6.55. The molecule has 4 rings (SSSR count). The van der Waals surface area contributed by atoms with E-state index < -0.39 is 0 Å². The minimum absolute atomic E-state index is 0.166. The highest BCUT2D eigenvalue weighted by atomic mass is 35.5. The van der Waals surface area contributed by atoms with E-state index in [4.69, 9.17) is 11.6 Å². The number of anilines is 1. The minimum atomic E-state index is -0.259. The lowest BCUT2D eigenvalue weighted by Crippen LogP contribution is -2.20. The van der Waals surface area contributed by atoms with E-state index in [0.29, 0.717) is 27.3 Å². The van der Waals surface area contributed by atoms with E-state index >= 15 is 0 Å². The highest BCUT2D eigenvalue weighted by molar-refractivity contribution is 6.30. The number of aryl methyl sites for hydroxylation is 2. The van der Waals surface area contributed by atoms with Crippen molar-refractivity contribution in [2.75, 3.05) is 5.32 Å². The first-order valence-electron chi connectivity index (χ1n) is 8.00. The molecule has 0 saturated carbocycles. The zero-order valence-electron chi connectivity index (χ0n) is 14.2. The Bertz CT molecular complexity index is 1240. The lowest BCUT2D eigenvalue weighted by Gasteiger charge is -2.11. The minimum Gasteiger partial charge on any atom is -0.322 e. The molecule has 4 aromatic rings. The van der Waals surface area contributed by atoms with Gasteiger partial charge in [-0.05, 0) is 55.0 Å². The van der Waals surface area contributed by atoms with Crippen molar-refractivity contribution in [3.05, 3.63) is 75.2 Å². The Morgan fingerprint density at radius 3 is 2.65 bits per heavy atom. The number of halogens is 1. The Balaban J connectivity index is 1.79. The summed E-state index contributed by atoms with van der Waals surface area (Å²) in [5, 5.41) is 7.69. The van der Waals surface area contributed by atoms with Gasteiger partial charge in [-0.25, -0.2) is 4.52 Å². The van der Waals surface area contributed by atoms with Crippen molar-refractivity contribution in [1.29, 1.82) is 0 Å². The molecule has 7 heteroatoms. The fourth-order valence-corrected chi connectivity index (χ4v) is 3.24. The Kier molecular flexibility index (Phi) is 3.77. The maximum Gasteiger partial charge on any atom is 0.276 e. The van der Waals surface area contributed by atoms with Gasteiger partial charge in [-0.15, -0.1) is 0 Å². The van der Waals surface area contributed by atoms with Gasteiger partial charge in [0.15, 0.2) is 0 Å². The van der Waals surface area contributed by atoms with E-state index in [-0.39, 0.29) is 11.5 Å².